The van der Waals surface area contributed by atoms with E-state index >= 15 is 0 Å². The molecule has 0 bridgehead atoms. The maximum atomic E-state index is 9.36. The number of aromatic hydroxyl groups is 1. The number of phenolic OH excluding ortho intramolecular Hbond substituents is 1. The van der Waals surface area contributed by atoms with Gasteiger partial charge in [-0.2, -0.15) is 5.06 Å². The zero-order valence-electron chi connectivity index (χ0n) is 7.58. The van der Waals surface area contributed by atoms with Crippen molar-refractivity contribution < 1.29 is 10.3 Å². The number of nitrogens with zero attached hydrogens (tertiary/aromatic N) is 1. The van der Waals surface area contributed by atoms with Crippen LogP contribution in [0.25, 0.3) is 0 Å². The van der Waals surface area contributed by atoms with Crippen LogP contribution in [0.4, 0.5) is 0 Å². The maximum absolute atomic E-state index is 9.36. The lowest BCUT2D eigenvalue weighted by molar-refractivity contribution is -0.0731. The third-order valence-electron chi connectivity index (χ3n) is 1.73. The van der Waals surface area contributed by atoms with Crippen molar-refractivity contribution >= 4 is 11.6 Å². The van der Waals surface area contributed by atoms with Crippen molar-refractivity contribution in [3.63, 3.8) is 0 Å². The SMILES string of the molecule is Cc1cc(CN(C)O)cc(Cl)c1O. The zero-order chi connectivity index (χ0) is 10.0. The van der Waals surface area contributed by atoms with Crippen molar-refractivity contribution in [3.8, 4) is 5.75 Å². The normalized spacial score (nSPS) is 10.8. The third kappa shape index (κ3) is 2.59. The molecule has 0 aromatic heterocycles. The lowest BCUT2D eigenvalue weighted by Crippen LogP contribution is -2.11. The quantitative estimate of drug-likeness (QED) is 0.721. The molecule has 72 valence electrons. The van der Waals surface area contributed by atoms with E-state index in [0.29, 0.717) is 17.1 Å². The number of benzene rings is 1. The number of rotatable bonds is 2. The Morgan fingerprint density at radius 3 is 2.54 bits per heavy atom. The van der Waals surface area contributed by atoms with Gasteiger partial charge < -0.3 is 10.3 Å². The van der Waals surface area contributed by atoms with Crippen LogP contribution < -0.4 is 0 Å². The summed E-state index contributed by atoms with van der Waals surface area (Å²) >= 11 is 5.75. The molecular formula is C9H12ClNO2. The standard InChI is InChI=1S/C9H12ClNO2/c1-6-3-7(5-11(2)13)4-8(10)9(6)12/h3-4,12-13H,5H2,1-2H3. The second-order valence-corrected chi connectivity index (χ2v) is 3.47. The average Bonchev–Trinajstić information content (AvgIpc) is 1.98. The van der Waals surface area contributed by atoms with Crippen LogP contribution in [0.3, 0.4) is 0 Å². The van der Waals surface area contributed by atoms with E-state index in [9.17, 15) is 5.11 Å². The summed E-state index contributed by atoms with van der Waals surface area (Å²) in [5.74, 6) is 0.103. The van der Waals surface area contributed by atoms with Crippen molar-refractivity contribution in [3.05, 3.63) is 28.3 Å². The number of hydroxylamine groups is 2. The Hall–Kier alpha value is -0.770. The van der Waals surface area contributed by atoms with E-state index in [4.69, 9.17) is 16.8 Å². The lowest BCUT2D eigenvalue weighted by Gasteiger charge is -2.10. The Balaban J connectivity index is 2.99. The van der Waals surface area contributed by atoms with Gasteiger partial charge >= 0.3 is 0 Å². The molecule has 3 nitrogen and oxygen atoms in total. The van der Waals surface area contributed by atoms with Crippen molar-refractivity contribution in [2.24, 2.45) is 0 Å². The topological polar surface area (TPSA) is 43.7 Å². The molecule has 0 aliphatic heterocycles. The molecule has 0 heterocycles. The molecule has 4 heteroatoms. The summed E-state index contributed by atoms with van der Waals surface area (Å²) in [6.07, 6.45) is 0. The van der Waals surface area contributed by atoms with Crippen molar-refractivity contribution in [2.45, 2.75) is 13.5 Å². The van der Waals surface area contributed by atoms with E-state index in [0.717, 1.165) is 10.6 Å². The number of hydrogen-bond donors (Lipinski definition) is 2. The summed E-state index contributed by atoms with van der Waals surface area (Å²) < 4.78 is 0. The summed E-state index contributed by atoms with van der Waals surface area (Å²) in [6.45, 7) is 2.16. The van der Waals surface area contributed by atoms with Gasteiger partial charge in [0.05, 0.1) is 5.02 Å². The molecule has 0 unspecified atom stereocenters. The first-order valence-electron chi connectivity index (χ1n) is 3.88. The minimum atomic E-state index is 0.103. The summed E-state index contributed by atoms with van der Waals surface area (Å²) in [5.41, 5.74) is 1.58. The molecule has 0 atom stereocenters. The van der Waals surface area contributed by atoms with Crippen LogP contribution in [0.2, 0.25) is 5.02 Å². The van der Waals surface area contributed by atoms with Crippen molar-refractivity contribution in [1.82, 2.24) is 5.06 Å². The Labute approximate surface area is 82.1 Å². The Morgan fingerprint density at radius 2 is 2.08 bits per heavy atom. The molecule has 13 heavy (non-hydrogen) atoms. The molecule has 0 fully saturated rings. The fraction of sp³-hybridized carbons (Fsp3) is 0.333. The number of hydrogen-bond acceptors (Lipinski definition) is 3. The second-order valence-electron chi connectivity index (χ2n) is 3.06. The molecular weight excluding hydrogens is 190 g/mol. The first-order valence-corrected chi connectivity index (χ1v) is 4.26. The minimum Gasteiger partial charge on any atom is -0.506 e. The zero-order valence-corrected chi connectivity index (χ0v) is 8.34. The molecule has 0 aliphatic carbocycles. The van der Waals surface area contributed by atoms with E-state index in [-0.39, 0.29) is 5.75 Å². The van der Waals surface area contributed by atoms with Crippen LogP contribution in [0.5, 0.6) is 5.75 Å². The highest BCUT2D eigenvalue weighted by atomic mass is 35.5. The molecule has 0 saturated heterocycles. The molecule has 0 amide bonds. The highest BCUT2D eigenvalue weighted by Crippen LogP contribution is 2.28. The van der Waals surface area contributed by atoms with E-state index in [1.165, 1.54) is 0 Å². The van der Waals surface area contributed by atoms with Gasteiger partial charge in [0, 0.05) is 13.6 Å². The molecule has 1 aromatic carbocycles. The van der Waals surface area contributed by atoms with E-state index < -0.39 is 0 Å². The van der Waals surface area contributed by atoms with E-state index in [1.807, 2.05) is 0 Å². The Kier molecular flexibility index (Phi) is 3.14. The van der Waals surface area contributed by atoms with Gasteiger partial charge in [0.1, 0.15) is 5.75 Å². The van der Waals surface area contributed by atoms with Gasteiger partial charge in [0.15, 0.2) is 0 Å². The molecule has 0 radical (unpaired) electrons. The summed E-state index contributed by atoms with van der Waals surface area (Å²) in [6, 6.07) is 3.42. The largest absolute Gasteiger partial charge is 0.506 e. The summed E-state index contributed by atoms with van der Waals surface area (Å²) in [5, 5.41) is 19.7. The summed E-state index contributed by atoms with van der Waals surface area (Å²) in [4.78, 5) is 0. The highest BCUT2D eigenvalue weighted by molar-refractivity contribution is 6.32. The van der Waals surface area contributed by atoms with Gasteiger partial charge in [0.2, 0.25) is 0 Å². The minimum absolute atomic E-state index is 0.103. The molecule has 0 aliphatic rings. The van der Waals surface area contributed by atoms with Gasteiger partial charge in [-0.1, -0.05) is 17.7 Å². The average molecular weight is 202 g/mol. The van der Waals surface area contributed by atoms with Crippen LogP contribution in [0.15, 0.2) is 12.1 Å². The van der Waals surface area contributed by atoms with Gasteiger partial charge in [-0.25, -0.2) is 0 Å². The molecule has 0 spiro atoms. The fourth-order valence-electron chi connectivity index (χ4n) is 1.16. The maximum Gasteiger partial charge on any atom is 0.137 e. The predicted molar refractivity (Wildman–Crippen MR) is 51.1 cm³/mol. The third-order valence-corrected chi connectivity index (χ3v) is 2.01. The Morgan fingerprint density at radius 1 is 1.46 bits per heavy atom. The molecule has 0 saturated carbocycles. The fourth-order valence-corrected chi connectivity index (χ4v) is 1.45. The molecule has 2 N–H and O–H groups in total. The first-order chi connectivity index (χ1) is 6.00. The Bertz CT molecular complexity index is 289. The van der Waals surface area contributed by atoms with Crippen LogP contribution in [0.1, 0.15) is 11.1 Å². The van der Waals surface area contributed by atoms with E-state index in [2.05, 4.69) is 0 Å². The number of halogens is 1. The smallest absolute Gasteiger partial charge is 0.137 e. The summed E-state index contributed by atoms with van der Waals surface area (Å²) in [7, 11) is 1.55. The molecule has 1 aromatic rings. The predicted octanol–water partition coefficient (Wildman–Crippen LogP) is 2.18. The van der Waals surface area contributed by atoms with Crippen molar-refractivity contribution in [1.29, 1.82) is 0 Å². The van der Waals surface area contributed by atoms with Gasteiger partial charge in [0.25, 0.3) is 0 Å². The van der Waals surface area contributed by atoms with Crippen LogP contribution >= 0.6 is 11.6 Å². The van der Waals surface area contributed by atoms with Gasteiger partial charge in [-0.3, -0.25) is 0 Å². The van der Waals surface area contributed by atoms with Crippen LogP contribution in [-0.4, -0.2) is 22.4 Å². The monoisotopic (exact) mass is 201 g/mol. The van der Waals surface area contributed by atoms with Crippen molar-refractivity contribution in [2.75, 3.05) is 7.05 Å². The first kappa shape index (κ1) is 10.3. The highest BCUT2D eigenvalue weighted by Gasteiger charge is 2.05. The van der Waals surface area contributed by atoms with Gasteiger partial charge in [-0.05, 0) is 24.1 Å². The number of aryl methyl sites for hydroxylation is 1. The van der Waals surface area contributed by atoms with Crippen LogP contribution in [-0.2, 0) is 6.54 Å². The number of phenols is 1. The lowest BCUT2D eigenvalue weighted by atomic mass is 10.1. The second kappa shape index (κ2) is 3.96. The van der Waals surface area contributed by atoms with E-state index in [1.54, 1.807) is 26.1 Å². The van der Waals surface area contributed by atoms with Crippen LogP contribution in [0, 0.1) is 6.92 Å². The molecule has 1 rings (SSSR count). The van der Waals surface area contributed by atoms with Gasteiger partial charge in [-0.15, -0.1) is 0 Å².